The molecule has 2 aromatic carbocycles. The van der Waals surface area contributed by atoms with E-state index in [1.54, 1.807) is 0 Å². The molecule has 0 radical (unpaired) electrons. The summed E-state index contributed by atoms with van der Waals surface area (Å²) in [5.41, 5.74) is 10.6. The fourth-order valence-electron chi connectivity index (χ4n) is 2.60. The van der Waals surface area contributed by atoms with Crippen molar-refractivity contribution in [2.24, 2.45) is 5.73 Å². The largest absolute Gasteiger partial charge is 0.392 e. The van der Waals surface area contributed by atoms with Crippen LogP contribution in [0.25, 0.3) is 11.1 Å². The SMILES string of the molecule is CC(O)CN(C)Cc1ccc(-c2ccccc2CN)cc1. The summed E-state index contributed by atoms with van der Waals surface area (Å²) in [4.78, 5) is 2.12. The van der Waals surface area contributed by atoms with Crippen LogP contribution in [0.3, 0.4) is 0 Å². The number of rotatable bonds is 6. The summed E-state index contributed by atoms with van der Waals surface area (Å²) in [5, 5.41) is 9.40. The topological polar surface area (TPSA) is 49.5 Å². The van der Waals surface area contributed by atoms with Crippen molar-refractivity contribution in [2.45, 2.75) is 26.1 Å². The average molecular weight is 284 g/mol. The number of benzene rings is 2. The average Bonchev–Trinajstić information content (AvgIpc) is 2.47. The molecule has 112 valence electrons. The minimum atomic E-state index is -0.300. The van der Waals surface area contributed by atoms with Gasteiger partial charge in [-0.1, -0.05) is 48.5 Å². The van der Waals surface area contributed by atoms with Crippen LogP contribution in [0.2, 0.25) is 0 Å². The number of aliphatic hydroxyl groups is 1. The maximum atomic E-state index is 9.40. The molecule has 0 spiro atoms. The van der Waals surface area contributed by atoms with Gasteiger partial charge in [-0.3, -0.25) is 4.90 Å². The van der Waals surface area contributed by atoms with Crippen LogP contribution in [0, 0.1) is 0 Å². The second-order valence-electron chi connectivity index (χ2n) is 5.60. The summed E-state index contributed by atoms with van der Waals surface area (Å²) in [6.45, 7) is 3.87. The van der Waals surface area contributed by atoms with Gasteiger partial charge in [0.15, 0.2) is 0 Å². The molecule has 2 aromatic rings. The standard InChI is InChI=1S/C18H24N2O/c1-14(21)12-20(2)13-15-7-9-16(10-8-15)18-6-4-3-5-17(18)11-19/h3-10,14,21H,11-13,19H2,1-2H3. The van der Waals surface area contributed by atoms with Crippen molar-refractivity contribution in [3.05, 3.63) is 59.7 Å². The highest BCUT2D eigenvalue weighted by Gasteiger charge is 2.06. The van der Waals surface area contributed by atoms with Crippen molar-refractivity contribution in [3.63, 3.8) is 0 Å². The lowest BCUT2D eigenvalue weighted by molar-refractivity contribution is 0.138. The molecule has 1 unspecified atom stereocenters. The number of hydrogen-bond donors (Lipinski definition) is 2. The van der Waals surface area contributed by atoms with E-state index >= 15 is 0 Å². The predicted molar refractivity (Wildman–Crippen MR) is 87.8 cm³/mol. The molecule has 1 atom stereocenters. The first-order valence-electron chi connectivity index (χ1n) is 7.34. The fraction of sp³-hybridized carbons (Fsp3) is 0.333. The third-order valence-electron chi connectivity index (χ3n) is 3.53. The molecular formula is C18H24N2O. The molecular weight excluding hydrogens is 260 g/mol. The number of nitrogens with two attached hydrogens (primary N) is 1. The van der Waals surface area contributed by atoms with Gasteiger partial charge in [-0.15, -0.1) is 0 Å². The summed E-state index contributed by atoms with van der Waals surface area (Å²) >= 11 is 0. The van der Waals surface area contributed by atoms with Crippen molar-refractivity contribution in [3.8, 4) is 11.1 Å². The lowest BCUT2D eigenvalue weighted by Gasteiger charge is -2.18. The van der Waals surface area contributed by atoms with Gasteiger partial charge in [0.2, 0.25) is 0 Å². The highest BCUT2D eigenvalue weighted by atomic mass is 16.3. The zero-order valence-electron chi connectivity index (χ0n) is 12.8. The zero-order valence-corrected chi connectivity index (χ0v) is 12.8. The van der Waals surface area contributed by atoms with Crippen molar-refractivity contribution >= 4 is 0 Å². The van der Waals surface area contributed by atoms with E-state index in [9.17, 15) is 5.11 Å². The van der Waals surface area contributed by atoms with Crippen molar-refractivity contribution in [2.75, 3.05) is 13.6 Å². The molecule has 3 N–H and O–H groups in total. The summed E-state index contributed by atoms with van der Waals surface area (Å²) in [6, 6.07) is 16.8. The Bertz CT molecular complexity index is 564. The normalized spacial score (nSPS) is 12.6. The van der Waals surface area contributed by atoms with Crippen LogP contribution in [0.5, 0.6) is 0 Å². The number of nitrogens with zero attached hydrogens (tertiary/aromatic N) is 1. The molecule has 0 aliphatic carbocycles. The molecule has 0 heterocycles. The van der Waals surface area contributed by atoms with Gasteiger partial charge in [0, 0.05) is 19.6 Å². The van der Waals surface area contributed by atoms with Gasteiger partial charge in [-0.05, 0) is 36.2 Å². The van der Waals surface area contributed by atoms with Gasteiger partial charge >= 0.3 is 0 Å². The van der Waals surface area contributed by atoms with Gasteiger partial charge in [-0.2, -0.15) is 0 Å². The van der Waals surface area contributed by atoms with Gasteiger partial charge in [0.1, 0.15) is 0 Å². The Morgan fingerprint density at radius 1 is 1.10 bits per heavy atom. The van der Waals surface area contributed by atoms with Gasteiger partial charge in [0.05, 0.1) is 6.10 Å². The van der Waals surface area contributed by atoms with Gasteiger partial charge in [-0.25, -0.2) is 0 Å². The van der Waals surface area contributed by atoms with Crippen molar-refractivity contribution < 1.29 is 5.11 Å². The van der Waals surface area contributed by atoms with E-state index in [-0.39, 0.29) is 6.10 Å². The molecule has 21 heavy (non-hydrogen) atoms. The quantitative estimate of drug-likeness (QED) is 0.857. The number of aliphatic hydroxyl groups excluding tert-OH is 1. The van der Waals surface area contributed by atoms with Gasteiger partial charge < -0.3 is 10.8 Å². The Morgan fingerprint density at radius 2 is 1.76 bits per heavy atom. The minimum absolute atomic E-state index is 0.300. The Kier molecular flexibility index (Phi) is 5.51. The van der Waals surface area contributed by atoms with Crippen LogP contribution >= 0.6 is 0 Å². The lowest BCUT2D eigenvalue weighted by Crippen LogP contribution is -2.26. The second kappa shape index (κ2) is 7.36. The molecule has 0 amide bonds. The van der Waals surface area contributed by atoms with E-state index in [4.69, 9.17) is 5.73 Å². The van der Waals surface area contributed by atoms with E-state index in [0.717, 1.165) is 12.1 Å². The number of hydrogen-bond acceptors (Lipinski definition) is 3. The van der Waals surface area contributed by atoms with E-state index < -0.39 is 0 Å². The molecule has 2 rings (SSSR count). The maximum absolute atomic E-state index is 9.40. The van der Waals surface area contributed by atoms with E-state index in [1.807, 2.05) is 26.1 Å². The monoisotopic (exact) mass is 284 g/mol. The molecule has 0 saturated carbocycles. The third kappa shape index (κ3) is 4.39. The lowest BCUT2D eigenvalue weighted by atomic mass is 9.98. The first-order valence-corrected chi connectivity index (χ1v) is 7.34. The maximum Gasteiger partial charge on any atom is 0.0639 e. The first-order chi connectivity index (χ1) is 10.1. The van der Waals surface area contributed by atoms with Crippen LogP contribution in [0.1, 0.15) is 18.1 Å². The summed E-state index contributed by atoms with van der Waals surface area (Å²) in [5.74, 6) is 0. The Balaban J connectivity index is 2.12. The number of likely N-dealkylation sites (N-methyl/N-ethyl adjacent to an activating group) is 1. The van der Waals surface area contributed by atoms with E-state index in [2.05, 4.69) is 41.3 Å². The van der Waals surface area contributed by atoms with Crippen molar-refractivity contribution in [1.29, 1.82) is 0 Å². The Hall–Kier alpha value is -1.68. The molecule has 0 aromatic heterocycles. The summed E-state index contributed by atoms with van der Waals surface area (Å²) in [6.07, 6.45) is -0.300. The highest BCUT2D eigenvalue weighted by molar-refractivity contribution is 5.67. The summed E-state index contributed by atoms with van der Waals surface area (Å²) < 4.78 is 0. The molecule has 0 fully saturated rings. The second-order valence-corrected chi connectivity index (χ2v) is 5.60. The van der Waals surface area contributed by atoms with Crippen LogP contribution in [0.15, 0.2) is 48.5 Å². The molecule has 0 bridgehead atoms. The van der Waals surface area contributed by atoms with Crippen LogP contribution in [0.4, 0.5) is 0 Å². The fourth-order valence-corrected chi connectivity index (χ4v) is 2.60. The van der Waals surface area contributed by atoms with Crippen LogP contribution in [-0.2, 0) is 13.1 Å². The third-order valence-corrected chi connectivity index (χ3v) is 3.53. The highest BCUT2D eigenvalue weighted by Crippen LogP contribution is 2.24. The van der Waals surface area contributed by atoms with E-state index in [1.165, 1.54) is 16.7 Å². The first kappa shape index (κ1) is 15.7. The smallest absolute Gasteiger partial charge is 0.0639 e. The molecule has 3 heteroatoms. The minimum Gasteiger partial charge on any atom is -0.392 e. The zero-order chi connectivity index (χ0) is 15.2. The Labute approximate surface area is 127 Å². The van der Waals surface area contributed by atoms with Gasteiger partial charge in [0.25, 0.3) is 0 Å². The predicted octanol–water partition coefficient (Wildman–Crippen LogP) is 2.62. The summed E-state index contributed by atoms with van der Waals surface area (Å²) in [7, 11) is 2.02. The van der Waals surface area contributed by atoms with E-state index in [0.29, 0.717) is 13.1 Å². The van der Waals surface area contributed by atoms with Crippen LogP contribution < -0.4 is 5.73 Å². The van der Waals surface area contributed by atoms with Crippen LogP contribution in [-0.4, -0.2) is 29.7 Å². The molecule has 0 aliphatic heterocycles. The molecule has 0 saturated heterocycles. The Morgan fingerprint density at radius 3 is 2.38 bits per heavy atom. The molecule has 0 aliphatic rings. The molecule has 3 nitrogen and oxygen atoms in total. The van der Waals surface area contributed by atoms with Crippen molar-refractivity contribution in [1.82, 2.24) is 4.90 Å².